The summed E-state index contributed by atoms with van der Waals surface area (Å²) in [4.78, 5) is 14.8. The molecule has 0 spiro atoms. The average molecular weight is 440 g/mol. The number of ether oxygens (including phenoxy) is 1. The van der Waals surface area contributed by atoms with E-state index in [1.54, 1.807) is 6.07 Å². The predicted octanol–water partition coefficient (Wildman–Crippen LogP) is 3.39. The van der Waals surface area contributed by atoms with E-state index in [9.17, 15) is 9.18 Å². The summed E-state index contributed by atoms with van der Waals surface area (Å²) < 4.78 is 18.6. The molecule has 1 heterocycles. The molecule has 2 atom stereocenters. The minimum atomic E-state index is -0.320. The van der Waals surface area contributed by atoms with Crippen LogP contribution in [0.3, 0.4) is 0 Å². The van der Waals surface area contributed by atoms with E-state index in [-0.39, 0.29) is 11.6 Å². The molecule has 2 aromatic carbocycles. The van der Waals surface area contributed by atoms with Crippen LogP contribution < -0.4 is 15.4 Å². The van der Waals surface area contributed by atoms with Crippen molar-refractivity contribution in [2.24, 2.45) is 0 Å². The van der Waals surface area contributed by atoms with Crippen molar-refractivity contribution in [1.82, 2.24) is 15.5 Å². The zero-order valence-electron chi connectivity index (χ0n) is 18.9. The number of rotatable bonds is 9. The van der Waals surface area contributed by atoms with Gasteiger partial charge in [0.2, 0.25) is 0 Å². The van der Waals surface area contributed by atoms with Crippen LogP contribution in [0.15, 0.2) is 42.5 Å². The van der Waals surface area contributed by atoms with Crippen LogP contribution in [-0.2, 0) is 6.42 Å². The molecular formula is C26H34FN3O2. The molecule has 4 rings (SSSR count). The molecule has 0 unspecified atom stereocenters. The number of benzene rings is 2. The first-order valence-electron chi connectivity index (χ1n) is 11.7. The standard InChI is InChI=1S/C26H34FN3O2/c1-32-26-16-19(2-9-24(26)27)10-11-29-23-8-7-22(17-23)20-3-5-21(6-4-20)25(31)18-30-14-12-28-13-15-30/h2-6,9,16,22-23,28-29H,7-8,10-15,17-18H2,1H3/t22-,23+/m1/s1. The van der Waals surface area contributed by atoms with Crippen molar-refractivity contribution in [2.75, 3.05) is 46.4 Å². The lowest BCUT2D eigenvalue weighted by Crippen LogP contribution is -2.45. The third-order valence-corrected chi connectivity index (χ3v) is 6.78. The number of hydrogen-bond donors (Lipinski definition) is 2. The normalized spacial score (nSPS) is 21.6. The highest BCUT2D eigenvalue weighted by Crippen LogP contribution is 2.34. The summed E-state index contributed by atoms with van der Waals surface area (Å²) in [6, 6.07) is 13.9. The lowest BCUT2D eigenvalue weighted by molar-refractivity contribution is 0.0921. The monoisotopic (exact) mass is 439 g/mol. The van der Waals surface area contributed by atoms with E-state index >= 15 is 0 Å². The Bertz CT molecular complexity index is 896. The number of Topliss-reactive ketones (excluding diaryl/α,β-unsaturated/α-hetero) is 1. The second-order valence-corrected chi connectivity index (χ2v) is 8.95. The molecule has 5 nitrogen and oxygen atoms in total. The Labute approximate surface area is 190 Å². The maximum absolute atomic E-state index is 13.6. The van der Waals surface area contributed by atoms with Gasteiger partial charge >= 0.3 is 0 Å². The number of halogens is 1. The van der Waals surface area contributed by atoms with Gasteiger partial charge in [-0.2, -0.15) is 0 Å². The van der Waals surface area contributed by atoms with E-state index in [0.717, 1.165) is 69.5 Å². The number of nitrogens with zero attached hydrogens (tertiary/aromatic N) is 1. The summed E-state index contributed by atoms with van der Waals surface area (Å²) in [6.45, 7) is 5.17. The van der Waals surface area contributed by atoms with Gasteiger partial charge in [0.05, 0.1) is 13.7 Å². The van der Waals surface area contributed by atoms with Crippen LogP contribution in [0.5, 0.6) is 5.75 Å². The van der Waals surface area contributed by atoms with Gasteiger partial charge in [-0.3, -0.25) is 9.69 Å². The molecule has 1 saturated heterocycles. The molecule has 0 amide bonds. The molecule has 2 N–H and O–H groups in total. The summed E-state index contributed by atoms with van der Waals surface area (Å²) in [5, 5.41) is 6.98. The van der Waals surface area contributed by atoms with Crippen molar-refractivity contribution in [3.05, 3.63) is 65.0 Å². The van der Waals surface area contributed by atoms with Crippen molar-refractivity contribution >= 4 is 5.78 Å². The van der Waals surface area contributed by atoms with E-state index in [4.69, 9.17) is 4.74 Å². The summed E-state index contributed by atoms with van der Waals surface area (Å²) in [5.41, 5.74) is 3.22. The van der Waals surface area contributed by atoms with Crippen LogP contribution in [0.25, 0.3) is 0 Å². The molecular weight excluding hydrogens is 405 g/mol. The zero-order chi connectivity index (χ0) is 22.3. The highest BCUT2D eigenvalue weighted by molar-refractivity contribution is 5.97. The Morgan fingerprint density at radius 2 is 1.94 bits per heavy atom. The number of piperazine rings is 1. The topological polar surface area (TPSA) is 53.6 Å². The molecule has 0 aromatic heterocycles. The Balaban J connectivity index is 1.23. The second kappa shape index (κ2) is 11.0. The highest BCUT2D eigenvalue weighted by Gasteiger charge is 2.25. The van der Waals surface area contributed by atoms with Gasteiger partial charge in [0.15, 0.2) is 17.3 Å². The maximum Gasteiger partial charge on any atom is 0.176 e. The fourth-order valence-corrected chi connectivity index (χ4v) is 4.85. The van der Waals surface area contributed by atoms with Crippen LogP contribution in [0, 0.1) is 5.82 Å². The predicted molar refractivity (Wildman–Crippen MR) is 125 cm³/mol. The summed E-state index contributed by atoms with van der Waals surface area (Å²) in [7, 11) is 1.49. The van der Waals surface area contributed by atoms with E-state index in [0.29, 0.717) is 24.3 Å². The second-order valence-electron chi connectivity index (χ2n) is 8.95. The van der Waals surface area contributed by atoms with Crippen molar-refractivity contribution in [3.8, 4) is 5.75 Å². The molecule has 32 heavy (non-hydrogen) atoms. The number of hydrogen-bond acceptors (Lipinski definition) is 5. The Morgan fingerprint density at radius 1 is 1.16 bits per heavy atom. The Hall–Kier alpha value is -2.28. The molecule has 2 aliphatic rings. The van der Waals surface area contributed by atoms with E-state index in [1.807, 2.05) is 18.2 Å². The summed E-state index contributed by atoms with van der Waals surface area (Å²) in [6.07, 6.45) is 4.28. The average Bonchev–Trinajstić information content (AvgIpc) is 3.30. The summed E-state index contributed by atoms with van der Waals surface area (Å²) >= 11 is 0. The van der Waals surface area contributed by atoms with Gasteiger partial charge in [-0.15, -0.1) is 0 Å². The third-order valence-electron chi connectivity index (χ3n) is 6.78. The van der Waals surface area contributed by atoms with Crippen molar-refractivity contribution in [2.45, 2.75) is 37.6 Å². The lowest BCUT2D eigenvalue weighted by Gasteiger charge is -2.26. The van der Waals surface area contributed by atoms with Crippen molar-refractivity contribution in [1.29, 1.82) is 0 Å². The third kappa shape index (κ3) is 5.94. The number of ketones is 1. The first-order valence-corrected chi connectivity index (χ1v) is 11.7. The number of methoxy groups -OCH3 is 1. The van der Waals surface area contributed by atoms with Gasteiger partial charge in [0.1, 0.15) is 0 Å². The SMILES string of the molecule is COc1cc(CCN[C@H]2CC[C@@H](c3ccc(C(=O)CN4CCNCC4)cc3)C2)ccc1F. The summed E-state index contributed by atoms with van der Waals surface area (Å²) in [5.74, 6) is 0.732. The van der Waals surface area contributed by atoms with Gasteiger partial charge in [-0.05, 0) is 61.4 Å². The molecule has 0 radical (unpaired) electrons. The minimum Gasteiger partial charge on any atom is -0.494 e. The largest absolute Gasteiger partial charge is 0.494 e. The maximum atomic E-state index is 13.6. The smallest absolute Gasteiger partial charge is 0.176 e. The van der Waals surface area contributed by atoms with E-state index < -0.39 is 0 Å². The van der Waals surface area contributed by atoms with Crippen LogP contribution in [0.4, 0.5) is 4.39 Å². The molecule has 6 heteroatoms. The van der Waals surface area contributed by atoms with Crippen molar-refractivity contribution in [3.63, 3.8) is 0 Å². The van der Waals surface area contributed by atoms with Crippen LogP contribution in [0.2, 0.25) is 0 Å². The fraction of sp³-hybridized carbons (Fsp3) is 0.500. The molecule has 0 bridgehead atoms. The molecule has 1 aliphatic heterocycles. The highest BCUT2D eigenvalue weighted by atomic mass is 19.1. The van der Waals surface area contributed by atoms with Gasteiger partial charge in [0.25, 0.3) is 0 Å². The van der Waals surface area contributed by atoms with E-state index in [1.165, 1.54) is 18.7 Å². The van der Waals surface area contributed by atoms with Crippen LogP contribution in [-0.4, -0.2) is 63.1 Å². The van der Waals surface area contributed by atoms with Gasteiger partial charge in [-0.25, -0.2) is 4.39 Å². The Morgan fingerprint density at radius 3 is 2.69 bits per heavy atom. The van der Waals surface area contributed by atoms with Crippen LogP contribution >= 0.6 is 0 Å². The lowest BCUT2D eigenvalue weighted by atomic mass is 9.95. The molecule has 2 fully saturated rings. The fourth-order valence-electron chi connectivity index (χ4n) is 4.85. The number of carbonyl (C=O) groups excluding carboxylic acids is 1. The number of carbonyl (C=O) groups is 1. The first kappa shape index (κ1) is 22.9. The Kier molecular flexibility index (Phi) is 7.90. The quantitative estimate of drug-likeness (QED) is 0.587. The zero-order valence-corrected chi connectivity index (χ0v) is 18.9. The van der Waals surface area contributed by atoms with Crippen LogP contribution in [0.1, 0.15) is 46.7 Å². The van der Waals surface area contributed by atoms with Gasteiger partial charge < -0.3 is 15.4 Å². The van der Waals surface area contributed by atoms with Gasteiger partial charge in [0, 0.05) is 37.8 Å². The molecule has 1 aliphatic carbocycles. The van der Waals surface area contributed by atoms with E-state index in [2.05, 4.69) is 27.7 Å². The first-order chi connectivity index (χ1) is 15.6. The molecule has 2 aromatic rings. The number of nitrogens with one attached hydrogen (secondary N) is 2. The molecule has 172 valence electrons. The minimum absolute atomic E-state index is 0.210. The molecule has 1 saturated carbocycles. The van der Waals surface area contributed by atoms with Gasteiger partial charge in [-0.1, -0.05) is 30.3 Å². The van der Waals surface area contributed by atoms with Crippen molar-refractivity contribution < 1.29 is 13.9 Å².